The third kappa shape index (κ3) is 2.51. The molecule has 0 aromatic heterocycles. The zero-order valence-corrected chi connectivity index (χ0v) is 10.4. The molecule has 0 heterocycles. The van der Waals surface area contributed by atoms with Gasteiger partial charge in [0, 0.05) is 10.5 Å². The topological polar surface area (TPSA) is 12.0 Å². The first kappa shape index (κ1) is 10.9. The number of benzene rings is 1. The Balaban J connectivity index is 2.16. The van der Waals surface area contributed by atoms with Gasteiger partial charge < -0.3 is 5.32 Å². The first-order valence-electron chi connectivity index (χ1n) is 5.39. The first-order chi connectivity index (χ1) is 7.16. The van der Waals surface area contributed by atoms with Crippen LogP contribution in [-0.4, -0.2) is 6.04 Å². The highest BCUT2D eigenvalue weighted by molar-refractivity contribution is 9.10. The molecule has 15 heavy (non-hydrogen) atoms. The van der Waals surface area contributed by atoms with Crippen molar-refractivity contribution >= 4 is 21.6 Å². The van der Waals surface area contributed by atoms with E-state index in [2.05, 4.69) is 21.2 Å². The largest absolute Gasteiger partial charge is 0.380 e. The maximum atomic E-state index is 13.6. The van der Waals surface area contributed by atoms with Gasteiger partial charge in [0.25, 0.3) is 0 Å². The lowest BCUT2D eigenvalue weighted by Gasteiger charge is -2.15. The number of hydrogen-bond acceptors (Lipinski definition) is 1. The predicted octanol–water partition coefficient (Wildman–Crippen LogP) is 4.25. The Morgan fingerprint density at radius 3 is 2.67 bits per heavy atom. The molecule has 1 nitrogen and oxygen atoms in total. The molecule has 2 rings (SSSR count). The molecule has 1 aliphatic rings. The molecule has 1 saturated carbocycles. The Labute approximate surface area is 98.2 Å². The van der Waals surface area contributed by atoms with E-state index < -0.39 is 0 Å². The van der Waals surface area contributed by atoms with Crippen molar-refractivity contribution in [2.45, 2.75) is 38.6 Å². The lowest BCUT2D eigenvalue weighted by Crippen LogP contribution is -2.15. The van der Waals surface area contributed by atoms with Crippen LogP contribution in [0.15, 0.2) is 16.6 Å². The number of anilines is 1. The molecule has 0 atom stereocenters. The van der Waals surface area contributed by atoms with Gasteiger partial charge in [0.05, 0.1) is 5.69 Å². The summed E-state index contributed by atoms with van der Waals surface area (Å²) >= 11 is 3.33. The Bertz CT molecular complexity index is 359. The number of halogens is 2. The molecule has 0 aliphatic heterocycles. The summed E-state index contributed by atoms with van der Waals surface area (Å²) in [5.41, 5.74) is 1.71. The molecule has 0 spiro atoms. The van der Waals surface area contributed by atoms with Crippen LogP contribution in [0.25, 0.3) is 0 Å². The van der Waals surface area contributed by atoms with Crippen LogP contribution < -0.4 is 5.32 Å². The lowest BCUT2D eigenvalue weighted by molar-refractivity contribution is 0.623. The highest BCUT2D eigenvalue weighted by Crippen LogP contribution is 2.27. The minimum Gasteiger partial charge on any atom is -0.380 e. The quantitative estimate of drug-likeness (QED) is 0.848. The molecule has 0 radical (unpaired) electrons. The van der Waals surface area contributed by atoms with Gasteiger partial charge in [-0.2, -0.15) is 0 Å². The monoisotopic (exact) mass is 271 g/mol. The zero-order chi connectivity index (χ0) is 10.8. The molecule has 3 heteroatoms. The molecular formula is C12H15BrFN. The molecule has 1 fully saturated rings. The lowest BCUT2D eigenvalue weighted by atomic mass is 10.2. The number of aryl methyl sites for hydroxylation is 1. The fraction of sp³-hybridized carbons (Fsp3) is 0.500. The van der Waals surface area contributed by atoms with Crippen molar-refractivity contribution in [2.24, 2.45) is 0 Å². The van der Waals surface area contributed by atoms with Crippen LogP contribution in [-0.2, 0) is 0 Å². The third-order valence-corrected chi connectivity index (χ3v) is 3.82. The van der Waals surface area contributed by atoms with Crippen LogP contribution in [0.2, 0.25) is 0 Å². The SMILES string of the molecule is Cc1cc(NC2CCCC2)c(F)cc1Br. The molecule has 0 unspecified atom stereocenters. The van der Waals surface area contributed by atoms with Crippen LogP contribution in [0.3, 0.4) is 0 Å². The van der Waals surface area contributed by atoms with E-state index in [1.54, 1.807) is 0 Å². The fourth-order valence-electron chi connectivity index (χ4n) is 2.06. The Morgan fingerprint density at radius 1 is 1.33 bits per heavy atom. The Kier molecular flexibility index (Phi) is 3.29. The molecular weight excluding hydrogens is 257 g/mol. The average Bonchev–Trinajstić information content (AvgIpc) is 2.67. The second kappa shape index (κ2) is 4.52. The second-order valence-corrected chi connectivity index (χ2v) is 5.06. The van der Waals surface area contributed by atoms with Crippen LogP contribution in [0.5, 0.6) is 0 Å². The molecule has 1 aromatic rings. The van der Waals surface area contributed by atoms with E-state index in [0.29, 0.717) is 11.7 Å². The smallest absolute Gasteiger partial charge is 0.147 e. The first-order valence-corrected chi connectivity index (χ1v) is 6.18. The van der Waals surface area contributed by atoms with Gasteiger partial charge in [-0.1, -0.05) is 28.8 Å². The summed E-state index contributed by atoms with van der Waals surface area (Å²) in [5, 5.41) is 3.28. The summed E-state index contributed by atoms with van der Waals surface area (Å²) < 4.78 is 14.4. The van der Waals surface area contributed by atoms with Gasteiger partial charge in [0.1, 0.15) is 5.82 Å². The van der Waals surface area contributed by atoms with E-state index in [4.69, 9.17) is 0 Å². The average molecular weight is 272 g/mol. The Morgan fingerprint density at radius 2 is 2.00 bits per heavy atom. The summed E-state index contributed by atoms with van der Waals surface area (Å²) in [6.07, 6.45) is 4.84. The molecule has 1 N–H and O–H groups in total. The summed E-state index contributed by atoms with van der Waals surface area (Å²) in [7, 11) is 0. The summed E-state index contributed by atoms with van der Waals surface area (Å²) in [6.45, 7) is 1.98. The van der Waals surface area contributed by atoms with Gasteiger partial charge in [0.2, 0.25) is 0 Å². The maximum absolute atomic E-state index is 13.6. The van der Waals surface area contributed by atoms with Crippen LogP contribution in [0, 0.1) is 12.7 Å². The van der Waals surface area contributed by atoms with E-state index in [1.807, 2.05) is 13.0 Å². The van der Waals surface area contributed by atoms with Gasteiger partial charge >= 0.3 is 0 Å². The normalized spacial score (nSPS) is 17.0. The van der Waals surface area contributed by atoms with E-state index in [-0.39, 0.29) is 5.82 Å². The predicted molar refractivity (Wildman–Crippen MR) is 64.7 cm³/mol. The van der Waals surface area contributed by atoms with E-state index in [0.717, 1.165) is 22.9 Å². The van der Waals surface area contributed by atoms with Crippen molar-refractivity contribution in [3.63, 3.8) is 0 Å². The van der Waals surface area contributed by atoms with Crippen LogP contribution in [0.4, 0.5) is 10.1 Å². The van der Waals surface area contributed by atoms with Crippen LogP contribution in [0.1, 0.15) is 31.2 Å². The van der Waals surface area contributed by atoms with Crippen molar-refractivity contribution in [2.75, 3.05) is 5.32 Å². The van der Waals surface area contributed by atoms with Crippen molar-refractivity contribution in [3.05, 3.63) is 28.0 Å². The summed E-state index contributed by atoms with van der Waals surface area (Å²) in [6, 6.07) is 3.87. The molecule has 1 aliphatic carbocycles. The number of hydrogen-bond donors (Lipinski definition) is 1. The van der Waals surface area contributed by atoms with E-state index in [1.165, 1.54) is 18.9 Å². The van der Waals surface area contributed by atoms with Crippen molar-refractivity contribution in [1.82, 2.24) is 0 Å². The van der Waals surface area contributed by atoms with Gasteiger partial charge in [-0.25, -0.2) is 4.39 Å². The zero-order valence-electron chi connectivity index (χ0n) is 8.82. The number of nitrogens with one attached hydrogen (secondary N) is 1. The van der Waals surface area contributed by atoms with Gasteiger partial charge in [-0.05, 0) is 37.5 Å². The molecule has 0 amide bonds. The minimum atomic E-state index is -0.167. The molecule has 1 aromatic carbocycles. The highest BCUT2D eigenvalue weighted by atomic mass is 79.9. The maximum Gasteiger partial charge on any atom is 0.147 e. The summed E-state index contributed by atoms with van der Waals surface area (Å²) in [5.74, 6) is -0.167. The second-order valence-electron chi connectivity index (χ2n) is 4.21. The van der Waals surface area contributed by atoms with Gasteiger partial charge in [-0.3, -0.25) is 0 Å². The van der Waals surface area contributed by atoms with Gasteiger partial charge in [0.15, 0.2) is 0 Å². The number of rotatable bonds is 2. The summed E-state index contributed by atoms with van der Waals surface area (Å²) in [4.78, 5) is 0. The standard InChI is InChI=1S/C12H15BrFN/c1-8-6-12(11(14)7-10(8)13)15-9-4-2-3-5-9/h6-7,9,15H,2-5H2,1H3. The van der Waals surface area contributed by atoms with Crippen molar-refractivity contribution in [3.8, 4) is 0 Å². The molecule has 0 bridgehead atoms. The third-order valence-electron chi connectivity index (χ3n) is 2.96. The molecule has 82 valence electrons. The van der Waals surface area contributed by atoms with E-state index >= 15 is 0 Å². The van der Waals surface area contributed by atoms with Crippen molar-refractivity contribution < 1.29 is 4.39 Å². The highest BCUT2D eigenvalue weighted by Gasteiger charge is 2.16. The minimum absolute atomic E-state index is 0.167. The van der Waals surface area contributed by atoms with Crippen molar-refractivity contribution in [1.29, 1.82) is 0 Å². The van der Waals surface area contributed by atoms with Crippen LogP contribution >= 0.6 is 15.9 Å². The van der Waals surface area contributed by atoms with E-state index in [9.17, 15) is 4.39 Å². The fourth-order valence-corrected chi connectivity index (χ4v) is 2.37. The van der Waals surface area contributed by atoms with Gasteiger partial charge in [-0.15, -0.1) is 0 Å². The molecule has 0 saturated heterocycles. The Hall–Kier alpha value is -0.570.